The highest BCUT2D eigenvalue weighted by Gasteiger charge is 2.39. The van der Waals surface area contributed by atoms with Gasteiger partial charge in [-0.05, 0) is 39.3 Å². The molecule has 2 aliphatic heterocycles. The average molecular weight is 241 g/mol. The molecule has 0 spiro atoms. The van der Waals surface area contributed by atoms with Gasteiger partial charge in [-0.15, -0.1) is 0 Å². The summed E-state index contributed by atoms with van der Waals surface area (Å²) < 4.78 is 5.38. The second kappa shape index (κ2) is 5.65. The second-order valence-corrected chi connectivity index (χ2v) is 5.82. The Hall–Kier alpha value is -0.160. The highest BCUT2D eigenvalue weighted by atomic mass is 16.5. The van der Waals surface area contributed by atoms with Crippen LogP contribution in [-0.4, -0.2) is 67.8 Å². The normalized spacial score (nSPS) is 30.9. The number of nitrogens with two attached hydrogens (primary N) is 1. The average Bonchev–Trinajstić information content (AvgIpc) is 2.62. The van der Waals surface area contributed by atoms with Gasteiger partial charge in [0.25, 0.3) is 0 Å². The van der Waals surface area contributed by atoms with E-state index in [0.29, 0.717) is 5.92 Å². The van der Waals surface area contributed by atoms with Crippen LogP contribution in [0.1, 0.15) is 20.3 Å². The molecule has 1 atom stereocenters. The van der Waals surface area contributed by atoms with E-state index in [2.05, 4.69) is 23.6 Å². The van der Waals surface area contributed by atoms with E-state index in [1.54, 1.807) is 0 Å². The lowest BCUT2D eigenvalue weighted by Crippen LogP contribution is -2.48. The third-order valence-electron chi connectivity index (χ3n) is 4.64. The summed E-state index contributed by atoms with van der Waals surface area (Å²) >= 11 is 0. The predicted molar refractivity (Wildman–Crippen MR) is 70.1 cm³/mol. The third-order valence-corrected chi connectivity index (χ3v) is 4.64. The minimum atomic E-state index is 0.279. The van der Waals surface area contributed by atoms with Crippen LogP contribution in [0.25, 0.3) is 0 Å². The predicted octanol–water partition coefficient (Wildman–Crippen LogP) is 0.378. The zero-order chi connectivity index (χ0) is 12.3. The standard InChI is InChI=1S/C13H27N3O/c1-13(2)12(11-14)3-4-16(13)6-5-15-7-9-17-10-8-15/h12H,3-11,14H2,1-2H3. The van der Waals surface area contributed by atoms with E-state index in [4.69, 9.17) is 10.5 Å². The maximum absolute atomic E-state index is 5.86. The van der Waals surface area contributed by atoms with Gasteiger partial charge in [-0.25, -0.2) is 0 Å². The molecule has 0 radical (unpaired) electrons. The first kappa shape index (κ1) is 13.3. The van der Waals surface area contributed by atoms with Gasteiger partial charge in [0.1, 0.15) is 0 Å². The van der Waals surface area contributed by atoms with Gasteiger partial charge in [-0.1, -0.05) is 0 Å². The van der Waals surface area contributed by atoms with Crippen LogP contribution in [0.5, 0.6) is 0 Å². The molecule has 100 valence electrons. The zero-order valence-corrected chi connectivity index (χ0v) is 11.3. The molecule has 2 fully saturated rings. The Bertz CT molecular complexity index is 239. The molecule has 0 aromatic carbocycles. The highest BCUT2D eigenvalue weighted by Crippen LogP contribution is 2.33. The molecule has 0 aromatic rings. The maximum Gasteiger partial charge on any atom is 0.0594 e. The van der Waals surface area contributed by atoms with E-state index >= 15 is 0 Å². The van der Waals surface area contributed by atoms with Crippen molar-refractivity contribution in [3.63, 3.8) is 0 Å². The first-order chi connectivity index (χ1) is 8.14. The van der Waals surface area contributed by atoms with Crippen LogP contribution in [0.2, 0.25) is 0 Å². The number of morpholine rings is 1. The van der Waals surface area contributed by atoms with Gasteiger partial charge < -0.3 is 10.5 Å². The lowest BCUT2D eigenvalue weighted by molar-refractivity contribution is 0.0280. The number of hydrogen-bond acceptors (Lipinski definition) is 4. The van der Waals surface area contributed by atoms with Gasteiger partial charge in [-0.3, -0.25) is 9.80 Å². The fourth-order valence-electron chi connectivity index (χ4n) is 3.10. The highest BCUT2D eigenvalue weighted by molar-refractivity contribution is 4.95. The fraction of sp³-hybridized carbons (Fsp3) is 1.00. The SMILES string of the molecule is CC1(C)C(CN)CCN1CCN1CCOCC1. The number of likely N-dealkylation sites (tertiary alicyclic amines) is 1. The molecule has 2 rings (SSSR count). The number of ether oxygens (including phenoxy) is 1. The van der Waals surface area contributed by atoms with Gasteiger partial charge in [-0.2, -0.15) is 0 Å². The Kier molecular flexibility index (Phi) is 4.42. The van der Waals surface area contributed by atoms with Gasteiger partial charge in [0.2, 0.25) is 0 Å². The minimum Gasteiger partial charge on any atom is -0.379 e. The topological polar surface area (TPSA) is 41.7 Å². The summed E-state index contributed by atoms with van der Waals surface area (Å²) in [7, 11) is 0. The smallest absolute Gasteiger partial charge is 0.0594 e. The summed E-state index contributed by atoms with van der Waals surface area (Å²) in [4.78, 5) is 5.12. The summed E-state index contributed by atoms with van der Waals surface area (Å²) in [5.74, 6) is 0.659. The lowest BCUT2D eigenvalue weighted by Gasteiger charge is -2.37. The van der Waals surface area contributed by atoms with Crippen LogP contribution in [0.15, 0.2) is 0 Å². The lowest BCUT2D eigenvalue weighted by atomic mass is 9.88. The van der Waals surface area contributed by atoms with Crippen molar-refractivity contribution in [2.45, 2.75) is 25.8 Å². The molecule has 0 aliphatic carbocycles. The monoisotopic (exact) mass is 241 g/mol. The van der Waals surface area contributed by atoms with Gasteiger partial charge in [0.15, 0.2) is 0 Å². The molecule has 17 heavy (non-hydrogen) atoms. The van der Waals surface area contributed by atoms with Crippen molar-refractivity contribution in [2.24, 2.45) is 11.7 Å². The van der Waals surface area contributed by atoms with Crippen LogP contribution in [-0.2, 0) is 4.74 Å². The van der Waals surface area contributed by atoms with E-state index in [1.165, 1.54) is 26.1 Å². The van der Waals surface area contributed by atoms with Gasteiger partial charge in [0, 0.05) is 31.7 Å². The minimum absolute atomic E-state index is 0.279. The third kappa shape index (κ3) is 2.99. The first-order valence-corrected chi connectivity index (χ1v) is 6.90. The van der Waals surface area contributed by atoms with Crippen molar-refractivity contribution in [3.05, 3.63) is 0 Å². The van der Waals surface area contributed by atoms with E-state index in [0.717, 1.165) is 32.8 Å². The number of nitrogens with zero attached hydrogens (tertiary/aromatic N) is 2. The number of rotatable bonds is 4. The summed E-state index contributed by atoms with van der Waals surface area (Å²) in [6, 6.07) is 0. The summed E-state index contributed by atoms with van der Waals surface area (Å²) in [6.07, 6.45) is 1.26. The summed E-state index contributed by atoms with van der Waals surface area (Å²) in [5.41, 5.74) is 6.14. The quantitative estimate of drug-likeness (QED) is 0.772. The molecule has 1 unspecified atom stereocenters. The Labute approximate surface area is 105 Å². The van der Waals surface area contributed by atoms with Crippen molar-refractivity contribution in [2.75, 3.05) is 52.5 Å². The van der Waals surface area contributed by atoms with Crippen molar-refractivity contribution >= 4 is 0 Å². The molecule has 0 aromatic heterocycles. The Morgan fingerprint density at radius 3 is 2.47 bits per heavy atom. The van der Waals surface area contributed by atoms with Crippen LogP contribution >= 0.6 is 0 Å². The zero-order valence-electron chi connectivity index (χ0n) is 11.3. The summed E-state index contributed by atoms with van der Waals surface area (Å²) in [6.45, 7) is 13.0. The Morgan fingerprint density at radius 2 is 1.88 bits per heavy atom. The molecule has 0 saturated carbocycles. The van der Waals surface area contributed by atoms with Crippen molar-refractivity contribution < 1.29 is 4.74 Å². The largest absolute Gasteiger partial charge is 0.379 e. The van der Waals surface area contributed by atoms with Crippen LogP contribution in [0.4, 0.5) is 0 Å². The fourth-order valence-corrected chi connectivity index (χ4v) is 3.10. The molecule has 4 heteroatoms. The van der Waals surface area contributed by atoms with E-state index in [-0.39, 0.29) is 5.54 Å². The van der Waals surface area contributed by atoms with Gasteiger partial charge >= 0.3 is 0 Å². The Morgan fingerprint density at radius 1 is 1.18 bits per heavy atom. The molecule has 2 saturated heterocycles. The molecular formula is C13H27N3O. The van der Waals surface area contributed by atoms with Crippen molar-refractivity contribution in [1.82, 2.24) is 9.80 Å². The van der Waals surface area contributed by atoms with E-state index < -0.39 is 0 Å². The molecular weight excluding hydrogens is 214 g/mol. The second-order valence-electron chi connectivity index (χ2n) is 5.82. The van der Waals surface area contributed by atoms with Crippen LogP contribution in [0, 0.1) is 5.92 Å². The maximum atomic E-state index is 5.86. The van der Waals surface area contributed by atoms with Crippen molar-refractivity contribution in [3.8, 4) is 0 Å². The number of hydrogen-bond donors (Lipinski definition) is 1. The molecule has 4 nitrogen and oxygen atoms in total. The van der Waals surface area contributed by atoms with Crippen LogP contribution in [0.3, 0.4) is 0 Å². The van der Waals surface area contributed by atoms with E-state index in [9.17, 15) is 0 Å². The molecule has 2 heterocycles. The first-order valence-electron chi connectivity index (χ1n) is 6.90. The summed E-state index contributed by atoms with van der Waals surface area (Å²) in [5, 5.41) is 0. The van der Waals surface area contributed by atoms with Crippen molar-refractivity contribution in [1.29, 1.82) is 0 Å². The molecule has 2 aliphatic rings. The van der Waals surface area contributed by atoms with Crippen LogP contribution < -0.4 is 5.73 Å². The molecule has 2 N–H and O–H groups in total. The van der Waals surface area contributed by atoms with Gasteiger partial charge in [0.05, 0.1) is 13.2 Å². The Balaban J connectivity index is 1.79. The molecule has 0 amide bonds. The molecule has 0 bridgehead atoms. The van der Waals surface area contributed by atoms with E-state index in [1.807, 2.05) is 0 Å².